The van der Waals surface area contributed by atoms with Gasteiger partial charge in [0.2, 0.25) is 0 Å². The molecule has 2 aromatic rings. The van der Waals surface area contributed by atoms with E-state index in [1.54, 1.807) is 0 Å². The van der Waals surface area contributed by atoms with Crippen LogP contribution in [0.15, 0.2) is 60.7 Å². The van der Waals surface area contributed by atoms with Gasteiger partial charge in [-0.3, -0.25) is 4.90 Å². The molecule has 2 aromatic carbocycles. The lowest BCUT2D eigenvalue weighted by Crippen LogP contribution is -2.59. The SMILES string of the molecule is CC1(C)CCCC(C)(C)N1C(C#Cc1ccccc1)c1ccccc1. The molecule has 1 nitrogen and oxygen atoms in total. The molecule has 1 aliphatic heterocycles. The van der Waals surface area contributed by atoms with Gasteiger partial charge in [0.1, 0.15) is 0 Å². The zero-order chi connectivity index (χ0) is 17.9. The molecule has 25 heavy (non-hydrogen) atoms. The van der Waals surface area contributed by atoms with E-state index in [-0.39, 0.29) is 17.1 Å². The van der Waals surface area contributed by atoms with Crippen molar-refractivity contribution >= 4 is 0 Å². The van der Waals surface area contributed by atoms with Crippen molar-refractivity contribution in [3.8, 4) is 11.8 Å². The Hall–Kier alpha value is -2.04. The van der Waals surface area contributed by atoms with Crippen LogP contribution in [-0.4, -0.2) is 16.0 Å². The molecule has 1 aliphatic rings. The van der Waals surface area contributed by atoms with Crippen LogP contribution in [-0.2, 0) is 0 Å². The average molecular weight is 332 g/mol. The van der Waals surface area contributed by atoms with Crippen molar-refractivity contribution in [1.82, 2.24) is 4.90 Å². The van der Waals surface area contributed by atoms with Gasteiger partial charge < -0.3 is 0 Å². The maximum absolute atomic E-state index is 3.61. The molecule has 0 saturated carbocycles. The van der Waals surface area contributed by atoms with Crippen LogP contribution in [0.5, 0.6) is 0 Å². The van der Waals surface area contributed by atoms with E-state index in [1.807, 2.05) is 6.07 Å². The van der Waals surface area contributed by atoms with E-state index in [2.05, 4.69) is 99.0 Å². The van der Waals surface area contributed by atoms with Gasteiger partial charge in [-0.15, -0.1) is 0 Å². The van der Waals surface area contributed by atoms with Crippen molar-refractivity contribution in [1.29, 1.82) is 0 Å². The number of rotatable bonds is 2. The minimum atomic E-state index is 0.103. The first-order chi connectivity index (χ1) is 11.9. The molecule has 1 atom stereocenters. The number of nitrogens with zero attached hydrogens (tertiary/aromatic N) is 1. The fourth-order valence-electron chi connectivity index (χ4n) is 4.32. The molecule has 0 aliphatic carbocycles. The second kappa shape index (κ2) is 7.06. The lowest BCUT2D eigenvalue weighted by Gasteiger charge is -2.55. The Morgan fingerprint density at radius 3 is 1.88 bits per heavy atom. The lowest BCUT2D eigenvalue weighted by molar-refractivity contribution is -0.0463. The van der Waals surface area contributed by atoms with Gasteiger partial charge in [-0.05, 0) is 64.7 Å². The van der Waals surface area contributed by atoms with Crippen LogP contribution in [0.3, 0.4) is 0 Å². The standard InChI is InChI=1S/C24H29N/c1-23(2)18-11-19-24(3,4)25(23)22(21-14-9-6-10-15-21)17-16-20-12-7-5-8-13-20/h5-10,12-15,22H,11,18-19H2,1-4H3. The topological polar surface area (TPSA) is 3.24 Å². The second-order valence-corrected chi connectivity index (χ2v) is 8.30. The fourth-order valence-corrected chi connectivity index (χ4v) is 4.32. The van der Waals surface area contributed by atoms with Crippen molar-refractivity contribution in [2.45, 2.75) is 64.1 Å². The number of hydrogen-bond donors (Lipinski definition) is 0. The Morgan fingerprint density at radius 2 is 1.32 bits per heavy atom. The zero-order valence-corrected chi connectivity index (χ0v) is 15.9. The smallest absolute Gasteiger partial charge is 0.0983 e. The fraction of sp³-hybridized carbons (Fsp3) is 0.417. The quantitative estimate of drug-likeness (QED) is 0.626. The van der Waals surface area contributed by atoms with Crippen LogP contribution >= 0.6 is 0 Å². The predicted octanol–water partition coefficient (Wildman–Crippen LogP) is 5.82. The maximum Gasteiger partial charge on any atom is 0.0983 e. The predicted molar refractivity (Wildman–Crippen MR) is 106 cm³/mol. The van der Waals surface area contributed by atoms with E-state index in [1.165, 1.54) is 24.8 Å². The van der Waals surface area contributed by atoms with Crippen molar-refractivity contribution in [2.75, 3.05) is 0 Å². The molecular formula is C24H29N. The number of hydrogen-bond acceptors (Lipinski definition) is 1. The highest BCUT2D eigenvalue weighted by atomic mass is 15.3. The molecule has 1 heterocycles. The summed E-state index contributed by atoms with van der Waals surface area (Å²) in [6, 6.07) is 21.2. The molecule has 130 valence electrons. The molecule has 1 heteroatoms. The summed E-state index contributed by atoms with van der Waals surface area (Å²) in [5.74, 6) is 7.03. The number of piperidine rings is 1. The molecule has 0 bridgehead atoms. The first kappa shape index (κ1) is 17.8. The Kier molecular flexibility index (Phi) is 5.02. The van der Waals surface area contributed by atoms with Crippen LogP contribution in [0.25, 0.3) is 0 Å². The summed E-state index contributed by atoms with van der Waals surface area (Å²) in [5.41, 5.74) is 2.63. The Balaban J connectivity index is 2.07. The highest BCUT2D eigenvalue weighted by molar-refractivity contribution is 5.38. The summed E-state index contributed by atoms with van der Waals surface area (Å²) in [7, 11) is 0. The maximum atomic E-state index is 3.61. The Morgan fingerprint density at radius 1 is 0.800 bits per heavy atom. The van der Waals surface area contributed by atoms with Gasteiger partial charge in [-0.25, -0.2) is 0 Å². The lowest BCUT2D eigenvalue weighted by atomic mass is 9.77. The van der Waals surface area contributed by atoms with E-state index < -0.39 is 0 Å². The average Bonchev–Trinajstić information content (AvgIpc) is 2.58. The van der Waals surface area contributed by atoms with E-state index >= 15 is 0 Å². The largest absolute Gasteiger partial charge is 0.276 e. The van der Waals surface area contributed by atoms with Gasteiger partial charge in [-0.1, -0.05) is 60.4 Å². The third-order valence-corrected chi connectivity index (χ3v) is 5.38. The van der Waals surface area contributed by atoms with Crippen molar-refractivity contribution < 1.29 is 0 Å². The van der Waals surface area contributed by atoms with E-state index in [4.69, 9.17) is 0 Å². The van der Waals surface area contributed by atoms with Gasteiger partial charge in [-0.2, -0.15) is 0 Å². The van der Waals surface area contributed by atoms with Crippen molar-refractivity contribution in [3.05, 3.63) is 71.8 Å². The highest BCUT2D eigenvalue weighted by Gasteiger charge is 2.44. The summed E-state index contributed by atoms with van der Waals surface area (Å²) in [4.78, 5) is 2.65. The Bertz CT molecular complexity index is 731. The van der Waals surface area contributed by atoms with Crippen molar-refractivity contribution in [2.24, 2.45) is 0 Å². The summed E-state index contributed by atoms with van der Waals surface area (Å²) >= 11 is 0. The van der Waals surface area contributed by atoms with Crippen molar-refractivity contribution in [3.63, 3.8) is 0 Å². The van der Waals surface area contributed by atoms with Crippen LogP contribution in [0.1, 0.15) is 64.1 Å². The molecule has 1 unspecified atom stereocenters. The summed E-state index contributed by atoms with van der Waals surface area (Å²) < 4.78 is 0. The normalized spacial score (nSPS) is 20.3. The first-order valence-electron chi connectivity index (χ1n) is 9.31. The van der Waals surface area contributed by atoms with Gasteiger partial charge in [0.05, 0.1) is 6.04 Å². The molecule has 1 fully saturated rings. The molecule has 3 rings (SSSR count). The highest BCUT2D eigenvalue weighted by Crippen LogP contribution is 2.44. The first-order valence-corrected chi connectivity index (χ1v) is 9.31. The third kappa shape index (κ3) is 3.97. The van der Waals surface area contributed by atoms with Crippen LogP contribution < -0.4 is 0 Å². The van der Waals surface area contributed by atoms with Gasteiger partial charge in [0.25, 0.3) is 0 Å². The summed E-state index contributed by atoms with van der Waals surface area (Å²) in [6.07, 6.45) is 3.71. The van der Waals surface area contributed by atoms with Crippen LogP contribution in [0.4, 0.5) is 0 Å². The molecule has 0 aromatic heterocycles. The van der Waals surface area contributed by atoms with Crippen LogP contribution in [0, 0.1) is 11.8 Å². The van der Waals surface area contributed by atoms with E-state index in [0.29, 0.717) is 0 Å². The monoisotopic (exact) mass is 331 g/mol. The molecular weight excluding hydrogens is 302 g/mol. The summed E-state index contributed by atoms with van der Waals surface area (Å²) in [5, 5.41) is 0. The van der Waals surface area contributed by atoms with Gasteiger partial charge >= 0.3 is 0 Å². The second-order valence-electron chi connectivity index (χ2n) is 8.30. The van der Waals surface area contributed by atoms with E-state index in [9.17, 15) is 0 Å². The summed E-state index contributed by atoms with van der Waals surface area (Å²) in [6.45, 7) is 9.48. The zero-order valence-electron chi connectivity index (χ0n) is 15.9. The molecule has 0 N–H and O–H groups in total. The molecule has 0 amide bonds. The number of likely N-dealkylation sites (tertiary alicyclic amines) is 1. The minimum absolute atomic E-state index is 0.103. The van der Waals surface area contributed by atoms with E-state index in [0.717, 1.165) is 5.56 Å². The molecule has 1 saturated heterocycles. The van der Waals surface area contributed by atoms with Gasteiger partial charge in [0.15, 0.2) is 0 Å². The Labute approximate surface area is 153 Å². The third-order valence-electron chi connectivity index (χ3n) is 5.38. The molecule has 0 radical (unpaired) electrons. The van der Waals surface area contributed by atoms with Gasteiger partial charge in [0, 0.05) is 16.6 Å². The molecule has 0 spiro atoms. The van der Waals surface area contributed by atoms with Crippen LogP contribution in [0.2, 0.25) is 0 Å². The minimum Gasteiger partial charge on any atom is -0.276 e. The number of benzene rings is 2.